The summed E-state index contributed by atoms with van der Waals surface area (Å²) in [6.07, 6.45) is 2.32. The summed E-state index contributed by atoms with van der Waals surface area (Å²) >= 11 is 0. The minimum absolute atomic E-state index is 0.497. The van der Waals surface area contributed by atoms with Crippen LogP contribution >= 0.6 is 10.9 Å². The fourth-order valence-corrected chi connectivity index (χ4v) is 6.84. The van der Waals surface area contributed by atoms with Crippen LogP contribution in [0.3, 0.4) is 0 Å². The van der Waals surface area contributed by atoms with Crippen molar-refractivity contribution in [2.24, 2.45) is 0 Å². The molecule has 7 rings (SSSR count). The minimum atomic E-state index is -0.497. The molecule has 0 radical (unpaired) electrons. The summed E-state index contributed by atoms with van der Waals surface area (Å²) in [6.45, 7) is 0. The van der Waals surface area contributed by atoms with Crippen LogP contribution in [0.25, 0.3) is 49.4 Å². The normalized spacial score (nSPS) is 13.3. The number of hydrogen-bond acceptors (Lipinski definition) is 1. The van der Waals surface area contributed by atoms with Crippen molar-refractivity contribution in [3.8, 4) is 5.69 Å². The predicted octanol–water partition coefficient (Wildman–Crippen LogP) is 8.73. The van der Waals surface area contributed by atoms with E-state index in [4.69, 9.17) is 4.42 Å². The molecule has 7 aromatic rings. The fourth-order valence-electron chi connectivity index (χ4n) is 5.17. The first-order chi connectivity index (χ1) is 16.8. The standard InChI is InChI=1S/C31H23NOS/c1-34(22-10-3-2-4-11-22)30-17-9-14-25-26-20-21(18-19-29(26)33-31(25)30)32-27-15-7-5-12-23(27)24-13-6-8-16-28(24)32/h2-20,34H,1H3. The molecule has 1 unspecified atom stereocenters. The summed E-state index contributed by atoms with van der Waals surface area (Å²) in [5.41, 5.74) is 5.54. The van der Waals surface area contributed by atoms with Crippen LogP contribution in [-0.2, 0) is 0 Å². The average molecular weight is 458 g/mol. The third-order valence-corrected chi connectivity index (χ3v) is 8.95. The number of thiol groups is 1. The van der Waals surface area contributed by atoms with E-state index < -0.39 is 10.9 Å². The molecule has 0 aliphatic rings. The lowest BCUT2D eigenvalue weighted by atomic mass is 10.1. The number of nitrogens with zero attached hydrogens (tertiary/aromatic N) is 1. The number of rotatable bonds is 3. The topological polar surface area (TPSA) is 18.1 Å². The molecule has 2 aromatic heterocycles. The molecule has 0 bridgehead atoms. The second-order valence-electron chi connectivity index (χ2n) is 8.70. The van der Waals surface area contributed by atoms with Crippen molar-refractivity contribution in [1.29, 1.82) is 0 Å². The monoisotopic (exact) mass is 457 g/mol. The van der Waals surface area contributed by atoms with E-state index in [0.29, 0.717) is 0 Å². The zero-order chi connectivity index (χ0) is 22.6. The molecule has 2 heterocycles. The van der Waals surface area contributed by atoms with Crippen LogP contribution in [0.2, 0.25) is 0 Å². The highest BCUT2D eigenvalue weighted by atomic mass is 32.2. The number of benzene rings is 5. The zero-order valence-corrected chi connectivity index (χ0v) is 19.7. The summed E-state index contributed by atoms with van der Waals surface area (Å²) in [7, 11) is -0.497. The van der Waals surface area contributed by atoms with E-state index in [1.54, 1.807) is 0 Å². The summed E-state index contributed by atoms with van der Waals surface area (Å²) in [6, 6.07) is 41.2. The molecule has 3 heteroatoms. The lowest BCUT2D eigenvalue weighted by Crippen LogP contribution is -1.93. The second kappa shape index (κ2) is 7.54. The molecule has 0 N–H and O–H groups in total. The van der Waals surface area contributed by atoms with E-state index in [2.05, 4.69) is 126 Å². The van der Waals surface area contributed by atoms with Gasteiger partial charge in [0.25, 0.3) is 0 Å². The van der Waals surface area contributed by atoms with Crippen molar-refractivity contribution in [2.45, 2.75) is 9.79 Å². The van der Waals surface area contributed by atoms with Gasteiger partial charge in [-0.1, -0.05) is 78.9 Å². The Labute approximate surface area is 200 Å². The van der Waals surface area contributed by atoms with Crippen LogP contribution in [0, 0.1) is 0 Å². The first-order valence-electron chi connectivity index (χ1n) is 11.5. The molecule has 0 aliphatic carbocycles. The van der Waals surface area contributed by atoms with Crippen LogP contribution in [-0.4, -0.2) is 10.8 Å². The molecule has 0 saturated carbocycles. The number of aromatic nitrogens is 1. The second-order valence-corrected chi connectivity index (χ2v) is 10.8. The van der Waals surface area contributed by atoms with E-state index in [9.17, 15) is 0 Å². The van der Waals surface area contributed by atoms with Gasteiger partial charge in [-0.25, -0.2) is 0 Å². The highest BCUT2D eigenvalue weighted by Crippen LogP contribution is 2.46. The molecule has 0 spiro atoms. The quantitative estimate of drug-likeness (QED) is 0.263. The zero-order valence-electron chi connectivity index (χ0n) is 18.8. The van der Waals surface area contributed by atoms with Crippen LogP contribution in [0.4, 0.5) is 0 Å². The van der Waals surface area contributed by atoms with Crippen molar-refractivity contribution in [1.82, 2.24) is 4.57 Å². The Bertz CT molecular complexity index is 1770. The van der Waals surface area contributed by atoms with Gasteiger partial charge in [-0.2, -0.15) is 10.9 Å². The van der Waals surface area contributed by atoms with E-state index in [1.165, 1.54) is 37.0 Å². The van der Waals surface area contributed by atoms with Gasteiger partial charge in [-0.15, -0.1) is 0 Å². The van der Waals surface area contributed by atoms with Crippen molar-refractivity contribution < 1.29 is 4.42 Å². The van der Waals surface area contributed by atoms with E-state index in [-0.39, 0.29) is 0 Å². The summed E-state index contributed by atoms with van der Waals surface area (Å²) < 4.78 is 8.85. The molecular formula is C31H23NOS. The SMILES string of the molecule is C[SH](c1ccccc1)c1cccc2c1oc1ccc(-n3c4ccccc4c4ccccc43)cc12. The summed E-state index contributed by atoms with van der Waals surface area (Å²) in [4.78, 5) is 2.64. The maximum absolute atomic E-state index is 6.48. The van der Waals surface area contributed by atoms with E-state index in [1.807, 2.05) is 0 Å². The number of hydrogen-bond donors (Lipinski definition) is 1. The summed E-state index contributed by atoms with van der Waals surface area (Å²) in [5.74, 6) is 0. The Kier molecular flexibility index (Phi) is 4.33. The third-order valence-electron chi connectivity index (χ3n) is 6.80. The van der Waals surface area contributed by atoms with Crippen LogP contribution in [0.15, 0.2) is 129 Å². The Balaban J connectivity index is 1.47. The molecule has 1 atom stereocenters. The van der Waals surface area contributed by atoms with Crippen LogP contribution < -0.4 is 0 Å². The first kappa shape index (κ1) is 19.5. The van der Waals surface area contributed by atoms with Gasteiger partial charge >= 0.3 is 0 Å². The highest BCUT2D eigenvalue weighted by Gasteiger charge is 2.17. The van der Waals surface area contributed by atoms with Gasteiger partial charge in [0.05, 0.1) is 11.0 Å². The maximum Gasteiger partial charge on any atom is 0.147 e. The minimum Gasteiger partial charge on any atom is -0.455 e. The lowest BCUT2D eigenvalue weighted by Gasteiger charge is -2.17. The molecule has 164 valence electrons. The molecule has 0 amide bonds. The van der Waals surface area contributed by atoms with Crippen molar-refractivity contribution in [3.63, 3.8) is 0 Å². The molecule has 2 nitrogen and oxygen atoms in total. The Morgan fingerprint density at radius 3 is 1.97 bits per heavy atom. The Hall–Kier alpha value is -3.95. The van der Waals surface area contributed by atoms with Gasteiger partial charge in [0.1, 0.15) is 11.2 Å². The molecule has 0 saturated heterocycles. The van der Waals surface area contributed by atoms with Crippen LogP contribution in [0.5, 0.6) is 0 Å². The van der Waals surface area contributed by atoms with Gasteiger partial charge in [0.2, 0.25) is 0 Å². The smallest absolute Gasteiger partial charge is 0.147 e. The average Bonchev–Trinajstić information content (AvgIpc) is 3.44. The van der Waals surface area contributed by atoms with Gasteiger partial charge in [-0.3, -0.25) is 0 Å². The van der Waals surface area contributed by atoms with Crippen molar-refractivity contribution in [2.75, 3.05) is 6.26 Å². The highest BCUT2D eigenvalue weighted by molar-refractivity contribution is 8.16. The van der Waals surface area contributed by atoms with Gasteiger partial charge in [-0.05, 0) is 47.5 Å². The predicted molar refractivity (Wildman–Crippen MR) is 146 cm³/mol. The maximum atomic E-state index is 6.48. The number of para-hydroxylation sites is 3. The summed E-state index contributed by atoms with van der Waals surface area (Å²) in [5, 5.41) is 4.89. The van der Waals surface area contributed by atoms with Crippen molar-refractivity contribution >= 4 is 54.6 Å². The molecule has 5 aromatic carbocycles. The largest absolute Gasteiger partial charge is 0.455 e. The molecule has 34 heavy (non-hydrogen) atoms. The molecule has 0 aliphatic heterocycles. The number of fused-ring (bicyclic) bond motifs is 6. The number of furan rings is 1. The Morgan fingerprint density at radius 1 is 0.588 bits per heavy atom. The molecular weight excluding hydrogens is 434 g/mol. The lowest BCUT2D eigenvalue weighted by molar-refractivity contribution is 0.660. The van der Waals surface area contributed by atoms with E-state index >= 15 is 0 Å². The van der Waals surface area contributed by atoms with Crippen molar-refractivity contribution in [3.05, 3.63) is 115 Å². The fraction of sp³-hybridized carbons (Fsp3) is 0.0323. The Morgan fingerprint density at radius 2 is 1.24 bits per heavy atom. The third kappa shape index (κ3) is 2.84. The van der Waals surface area contributed by atoms with E-state index in [0.717, 1.165) is 22.2 Å². The molecule has 0 fully saturated rings. The van der Waals surface area contributed by atoms with Gasteiger partial charge < -0.3 is 8.98 Å². The van der Waals surface area contributed by atoms with Crippen LogP contribution in [0.1, 0.15) is 0 Å². The first-order valence-corrected chi connectivity index (χ1v) is 13.3. The van der Waals surface area contributed by atoms with Gasteiger partial charge in [0.15, 0.2) is 0 Å². The van der Waals surface area contributed by atoms with Gasteiger partial charge in [0, 0.05) is 32.1 Å².